The Morgan fingerprint density at radius 2 is 2.20 bits per heavy atom. The lowest BCUT2D eigenvalue weighted by Gasteiger charge is -2.16. The van der Waals surface area contributed by atoms with Crippen LogP contribution in [0.1, 0.15) is 6.42 Å². The van der Waals surface area contributed by atoms with Gasteiger partial charge >= 0.3 is 12.1 Å². The summed E-state index contributed by atoms with van der Waals surface area (Å²) in [5.74, 6) is -1.14. The van der Waals surface area contributed by atoms with Crippen molar-refractivity contribution in [3.05, 3.63) is 12.7 Å². The molecule has 2 N–H and O–H groups in total. The van der Waals surface area contributed by atoms with E-state index < -0.39 is 18.1 Å². The first kappa shape index (κ1) is 11.5. The molecular weight excluding hydrogens is 202 g/mol. The number of nitrogens with zero attached hydrogens (tertiary/aromatic N) is 1. The highest BCUT2D eigenvalue weighted by Gasteiger charge is 2.40. The molecule has 0 aromatic carbocycles. The summed E-state index contributed by atoms with van der Waals surface area (Å²) in [4.78, 5) is 22.4. The third-order valence-electron chi connectivity index (χ3n) is 2.24. The van der Waals surface area contributed by atoms with Crippen LogP contribution < -0.4 is 0 Å². The SMILES string of the molecule is C=CCO[C@@H]1C[C@H](C(=O)O)N(C(=O)O)C1. The van der Waals surface area contributed by atoms with Crippen LogP contribution in [0.2, 0.25) is 0 Å². The lowest BCUT2D eigenvalue weighted by molar-refractivity contribution is -0.141. The molecule has 0 radical (unpaired) electrons. The van der Waals surface area contributed by atoms with Gasteiger partial charge in [-0.25, -0.2) is 9.59 Å². The maximum Gasteiger partial charge on any atom is 0.408 e. The molecule has 0 saturated carbocycles. The smallest absolute Gasteiger partial charge is 0.408 e. The molecule has 15 heavy (non-hydrogen) atoms. The van der Waals surface area contributed by atoms with Gasteiger partial charge < -0.3 is 14.9 Å². The summed E-state index contributed by atoms with van der Waals surface area (Å²) in [6.45, 7) is 3.85. The Labute approximate surface area is 86.7 Å². The molecule has 1 saturated heterocycles. The molecule has 84 valence electrons. The van der Waals surface area contributed by atoms with Gasteiger partial charge in [-0.1, -0.05) is 6.08 Å². The lowest BCUT2D eigenvalue weighted by Crippen LogP contribution is -2.39. The number of carboxylic acid groups (broad SMARTS) is 2. The van der Waals surface area contributed by atoms with Crippen LogP contribution in [0.4, 0.5) is 4.79 Å². The zero-order valence-electron chi connectivity index (χ0n) is 8.13. The van der Waals surface area contributed by atoms with Gasteiger partial charge in [-0.15, -0.1) is 6.58 Å². The summed E-state index contributed by atoms with van der Waals surface area (Å²) >= 11 is 0. The second-order valence-corrected chi connectivity index (χ2v) is 3.27. The maximum absolute atomic E-state index is 10.8. The summed E-state index contributed by atoms with van der Waals surface area (Å²) in [5.41, 5.74) is 0. The third-order valence-corrected chi connectivity index (χ3v) is 2.24. The fraction of sp³-hybridized carbons (Fsp3) is 0.556. The molecule has 1 aliphatic rings. The zero-order valence-corrected chi connectivity index (χ0v) is 8.13. The zero-order chi connectivity index (χ0) is 11.4. The van der Waals surface area contributed by atoms with Crippen molar-refractivity contribution in [1.82, 2.24) is 4.90 Å². The van der Waals surface area contributed by atoms with E-state index in [2.05, 4.69) is 6.58 Å². The molecule has 0 unspecified atom stereocenters. The lowest BCUT2D eigenvalue weighted by atomic mass is 10.2. The van der Waals surface area contributed by atoms with E-state index in [0.717, 1.165) is 4.90 Å². The fourth-order valence-corrected chi connectivity index (χ4v) is 1.57. The number of rotatable bonds is 4. The quantitative estimate of drug-likeness (QED) is 0.662. The Morgan fingerprint density at radius 1 is 1.53 bits per heavy atom. The molecular formula is C9H13NO5. The first-order chi connectivity index (χ1) is 7.06. The molecule has 2 atom stereocenters. The first-order valence-electron chi connectivity index (χ1n) is 4.51. The predicted octanol–water partition coefficient (Wildman–Crippen LogP) is 0.394. The van der Waals surface area contributed by atoms with Gasteiger partial charge in [0.15, 0.2) is 0 Å². The standard InChI is InChI=1S/C9H13NO5/c1-2-3-15-6-4-7(8(11)12)10(5-6)9(13)14/h2,6-7H,1,3-5H2,(H,11,12)(H,13,14)/t6-,7-/m1/s1. The van der Waals surface area contributed by atoms with Crippen LogP contribution in [0.3, 0.4) is 0 Å². The van der Waals surface area contributed by atoms with E-state index in [-0.39, 0.29) is 19.1 Å². The van der Waals surface area contributed by atoms with Crippen LogP contribution in [-0.4, -0.2) is 52.5 Å². The Hall–Kier alpha value is -1.56. The largest absolute Gasteiger partial charge is 0.480 e. The number of carboxylic acids is 1. The van der Waals surface area contributed by atoms with Crippen molar-refractivity contribution in [2.45, 2.75) is 18.6 Å². The fourth-order valence-electron chi connectivity index (χ4n) is 1.57. The van der Waals surface area contributed by atoms with Gasteiger partial charge in [-0.05, 0) is 0 Å². The van der Waals surface area contributed by atoms with Crippen molar-refractivity contribution >= 4 is 12.1 Å². The van der Waals surface area contributed by atoms with E-state index in [9.17, 15) is 9.59 Å². The third kappa shape index (κ3) is 2.69. The molecule has 0 aromatic rings. The number of likely N-dealkylation sites (tertiary alicyclic amines) is 1. The molecule has 0 spiro atoms. The van der Waals surface area contributed by atoms with Crippen LogP contribution in [0.5, 0.6) is 0 Å². The van der Waals surface area contributed by atoms with Gasteiger partial charge in [0.1, 0.15) is 6.04 Å². The molecule has 1 heterocycles. The summed E-state index contributed by atoms with van der Waals surface area (Å²) < 4.78 is 5.23. The number of hydrogen-bond donors (Lipinski definition) is 2. The molecule has 0 bridgehead atoms. The van der Waals surface area contributed by atoms with Crippen molar-refractivity contribution in [3.8, 4) is 0 Å². The van der Waals surface area contributed by atoms with Gasteiger partial charge in [0.25, 0.3) is 0 Å². The van der Waals surface area contributed by atoms with Crippen molar-refractivity contribution in [2.75, 3.05) is 13.2 Å². The van der Waals surface area contributed by atoms with Gasteiger partial charge in [-0.2, -0.15) is 0 Å². The highest BCUT2D eigenvalue weighted by molar-refractivity contribution is 5.80. The highest BCUT2D eigenvalue weighted by Crippen LogP contribution is 2.20. The Morgan fingerprint density at radius 3 is 2.60 bits per heavy atom. The van der Waals surface area contributed by atoms with E-state index in [1.54, 1.807) is 6.08 Å². The molecule has 6 nitrogen and oxygen atoms in total. The minimum absolute atomic E-state index is 0.0974. The second-order valence-electron chi connectivity index (χ2n) is 3.27. The Kier molecular flexibility index (Phi) is 3.68. The summed E-state index contributed by atoms with van der Waals surface area (Å²) in [6.07, 6.45) is 0.140. The number of aliphatic carboxylic acids is 1. The summed E-state index contributed by atoms with van der Waals surface area (Å²) in [6, 6.07) is -1.00. The molecule has 0 aliphatic carbocycles. The normalized spacial score (nSPS) is 25.2. The minimum Gasteiger partial charge on any atom is -0.480 e. The second kappa shape index (κ2) is 4.79. The van der Waals surface area contributed by atoms with Crippen molar-refractivity contribution < 1.29 is 24.5 Å². The van der Waals surface area contributed by atoms with E-state index in [1.807, 2.05) is 0 Å². The van der Waals surface area contributed by atoms with Crippen LogP contribution in [0.15, 0.2) is 12.7 Å². The van der Waals surface area contributed by atoms with Crippen LogP contribution in [0.25, 0.3) is 0 Å². The van der Waals surface area contributed by atoms with E-state index in [0.29, 0.717) is 6.61 Å². The van der Waals surface area contributed by atoms with Crippen LogP contribution in [-0.2, 0) is 9.53 Å². The van der Waals surface area contributed by atoms with Crippen molar-refractivity contribution in [2.24, 2.45) is 0 Å². The number of amides is 1. The van der Waals surface area contributed by atoms with Gasteiger partial charge in [0.05, 0.1) is 19.3 Å². The van der Waals surface area contributed by atoms with Gasteiger partial charge in [0, 0.05) is 6.42 Å². The molecule has 1 rings (SSSR count). The number of hydrogen-bond acceptors (Lipinski definition) is 3. The van der Waals surface area contributed by atoms with Crippen molar-refractivity contribution in [3.63, 3.8) is 0 Å². The molecule has 6 heteroatoms. The minimum atomic E-state index is -1.23. The van der Waals surface area contributed by atoms with Gasteiger partial charge in [0.2, 0.25) is 0 Å². The van der Waals surface area contributed by atoms with E-state index >= 15 is 0 Å². The summed E-state index contributed by atoms with van der Waals surface area (Å²) in [7, 11) is 0. The number of carbonyl (C=O) groups is 2. The Bertz CT molecular complexity index is 256. The average Bonchev–Trinajstić information content (AvgIpc) is 2.58. The maximum atomic E-state index is 10.8. The topological polar surface area (TPSA) is 87.1 Å². The molecule has 1 fully saturated rings. The molecule has 1 amide bonds. The predicted molar refractivity (Wildman–Crippen MR) is 50.7 cm³/mol. The highest BCUT2D eigenvalue weighted by atomic mass is 16.5. The van der Waals surface area contributed by atoms with Crippen molar-refractivity contribution in [1.29, 1.82) is 0 Å². The Balaban J connectivity index is 2.60. The number of ether oxygens (including phenoxy) is 1. The molecule has 0 aromatic heterocycles. The molecule has 1 aliphatic heterocycles. The summed E-state index contributed by atoms with van der Waals surface area (Å²) in [5, 5.41) is 17.6. The first-order valence-corrected chi connectivity index (χ1v) is 4.51. The van der Waals surface area contributed by atoms with E-state index in [4.69, 9.17) is 14.9 Å². The monoisotopic (exact) mass is 215 g/mol. The van der Waals surface area contributed by atoms with Gasteiger partial charge in [-0.3, -0.25) is 4.90 Å². The van der Waals surface area contributed by atoms with Crippen LogP contribution in [0, 0.1) is 0 Å². The van der Waals surface area contributed by atoms with E-state index in [1.165, 1.54) is 0 Å². The average molecular weight is 215 g/mol. The van der Waals surface area contributed by atoms with Crippen LogP contribution >= 0.6 is 0 Å².